The van der Waals surface area contributed by atoms with Gasteiger partial charge in [-0.15, -0.1) is 0 Å². The number of rotatable bonds is 3. The maximum absolute atomic E-state index is 13.1. The van der Waals surface area contributed by atoms with Crippen molar-refractivity contribution < 1.29 is 29.0 Å². The van der Waals surface area contributed by atoms with E-state index in [1.165, 1.54) is 4.90 Å². The number of nitrogens with zero attached hydrogens (tertiary/aromatic N) is 4. The molecule has 3 amide bonds. The Kier molecular flexibility index (Phi) is 8.26. The molecule has 0 atom stereocenters. The van der Waals surface area contributed by atoms with E-state index in [9.17, 15) is 19.5 Å². The van der Waals surface area contributed by atoms with Crippen LogP contribution in [0.25, 0.3) is 21.7 Å². The van der Waals surface area contributed by atoms with E-state index in [1.54, 1.807) is 47.7 Å². The average Bonchev–Trinajstić information content (AvgIpc) is 2.83. The van der Waals surface area contributed by atoms with Crippen molar-refractivity contribution in [2.45, 2.75) is 90.5 Å². The van der Waals surface area contributed by atoms with Gasteiger partial charge in [0.1, 0.15) is 11.2 Å². The number of hydrogen-bond acceptors (Lipinski definition) is 7. The lowest BCUT2D eigenvalue weighted by Crippen LogP contribution is -2.52. The monoisotopic (exact) mass is 614 g/mol. The number of imide groups is 1. The van der Waals surface area contributed by atoms with Crippen LogP contribution in [0.1, 0.15) is 67.2 Å². The molecule has 0 spiro atoms. The first-order valence-corrected chi connectivity index (χ1v) is 14.1. The van der Waals surface area contributed by atoms with E-state index in [-0.39, 0.29) is 5.95 Å². The lowest BCUT2D eigenvalue weighted by Gasteiger charge is -2.38. The molecule has 1 N–H and O–H groups in total. The Morgan fingerprint density at radius 3 is 1.95 bits per heavy atom. The van der Waals surface area contributed by atoms with Crippen molar-refractivity contribution in [3.05, 3.63) is 41.0 Å². The van der Waals surface area contributed by atoms with E-state index in [2.05, 4.69) is 25.9 Å². The van der Waals surface area contributed by atoms with E-state index in [0.717, 1.165) is 25.5 Å². The van der Waals surface area contributed by atoms with E-state index in [1.807, 2.05) is 30.3 Å². The van der Waals surface area contributed by atoms with Crippen molar-refractivity contribution in [1.29, 1.82) is 0 Å². The fraction of sp³-hybridized carbons (Fsp3) is 0.483. The molecule has 1 aliphatic rings. The number of ether oxygens (including phenoxy) is 2. The van der Waals surface area contributed by atoms with Crippen LogP contribution in [0.2, 0.25) is 0 Å². The minimum atomic E-state index is -1.17. The lowest BCUT2D eigenvalue weighted by molar-refractivity contribution is -0.0112. The largest absolute Gasteiger partial charge is 0.465 e. The maximum atomic E-state index is 13.1. The topological polar surface area (TPSA) is 122 Å². The van der Waals surface area contributed by atoms with Crippen LogP contribution < -0.4 is 4.90 Å². The van der Waals surface area contributed by atoms with Crippen molar-refractivity contribution in [3.8, 4) is 0 Å². The summed E-state index contributed by atoms with van der Waals surface area (Å²) in [4.78, 5) is 49.9. The number of aromatic nitrogens is 2. The average molecular weight is 616 g/mol. The van der Waals surface area contributed by atoms with Gasteiger partial charge in [-0.2, -0.15) is 0 Å². The molecule has 0 unspecified atom stereocenters. The minimum Gasteiger partial charge on any atom is -0.465 e. The van der Waals surface area contributed by atoms with Gasteiger partial charge in [0.15, 0.2) is 0 Å². The van der Waals surface area contributed by atoms with Gasteiger partial charge < -0.3 is 14.6 Å². The van der Waals surface area contributed by atoms with Crippen molar-refractivity contribution in [3.63, 3.8) is 0 Å². The second-order valence-corrected chi connectivity index (χ2v) is 12.8. The van der Waals surface area contributed by atoms with E-state index < -0.39 is 41.6 Å². The third-order valence-corrected chi connectivity index (χ3v) is 7.18. The number of anilines is 1. The Morgan fingerprint density at radius 1 is 0.900 bits per heavy atom. The van der Waals surface area contributed by atoms with Gasteiger partial charge in [0.05, 0.1) is 5.52 Å². The number of benzene rings is 2. The summed E-state index contributed by atoms with van der Waals surface area (Å²) in [7, 11) is 0. The zero-order valence-electron chi connectivity index (χ0n) is 23.6. The number of hydrogen-bond donors (Lipinski definition) is 1. The number of fused-ring (bicyclic) bond motifs is 3. The van der Waals surface area contributed by atoms with Gasteiger partial charge in [0, 0.05) is 33.5 Å². The normalized spacial score (nSPS) is 17.9. The van der Waals surface area contributed by atoms with Crippen LogP contribution in [0.15, 0.2) is 41.0 Å². The fourth-order valence-corrected chi connectivity index (χ4v) is 5.50. The van der Waals surface area contributed by atoms with Gasteiger partial charge in [0.2, 0.25) is 5.95 Å². The Balaban J connectivity index is 1.59. The van der Waals surface area contributed by atoms with Gasteiger partial charge >= 0.3 is 18.3 Å². The van der Waals surface area contributed by atoms with Crippen LogP contribution in [-0.4, -0.2) is 61.5 Å². The van der Waals surface area contributed by atoms with E-state index in [0.29, 0.717) is 31.2 Å². The first kappa shape index (κ1) is 29.5. The van der Waals surface area contributed by atoms with Crippen molar-refractivity contribution in [2.75, 3.05) is 4.90 Å². The predicted molar refractivity (Wildman–Crippen MR) is 156 cm³/mol. The lowest BCUT2D eigenvalue weighted by atomic mass is 9.89. The highest BCUT2D eigenvalue weighted by atomic mass is 79.9. The second-order valence-electron chi connectivity index (χ2n) is 12.0. The molecule has 4 rings (SSSR count). The third kappa shape index (κ3) is 6.63. The summed E-state index contributed by atoms with van der Waals surface area (Å²) in [5, 5.41) is 12.8. The number of halogens is 1. The molecular formula is C29H35BrN4O6. The van der Waals surface area contributed by atoms with Crippen LogP contribution >= 0.6 is 15.9 Å². The molecule has 214 valence electrons. The molecule has 2 aromatic carbocycles. The smallest absolute Gasteiger partial charge is 0.420 e. The standard InChI is InChI=1S/C29H35BrN4O6/c1-28(2,3)39-26(37)34(27(38)40-29(4,5)6)19-13-11-18(12-14-19)33(25(35)36)24-31-16-17-15-22(30)20-9-7-8-10-21(20)23(17)32-24/h7-10,15-16,18-19H,11-14H2,1-6H3,(H,35,36)/t18-,19-. The summed E-state index contributed by atoms with van der Waals surface area (Å²) in [6.07, 6.45) is 0.423. The van der Waals surface area contributed by atoms with Gasteiger partial charge in [-0.25, -0.2) is 34.2 Å². The Hall–Kier alpha value is -3.47. The van der Waals surface area contributed by atoms with Crippen LogP contribution in [0.5, 0.6) is 0 Å². The molecule has 1 saturated carbocycles. The number of amides is 3. The third-order valence-electron chi connectivity index (χ3n) is 6.52. The molecule has 1 heterocycles. The van der Waals surface area contributed by atoms with Crippen LogP contribution in [-0.2, 0) is 9.47 Å². The molecule has 1 aliphatic carbocycles. The first-order chi connectivity index (χ1) is 18.6. The molecule has 40 heavy (non-hydrogen) atoms. The molecule has 0 bridgehead atoms. The Bertz CT molecular complexity index is 1410. The number of carbonyl (C=O) groups excluding carboxylic acids is 2. The molecule has 1 fully saturated rings. The fourth-order valence-electron chi connectivity index (χ4n) is 4.91. The molecular weight excluding hydrogens is 580 g/mol. The molecule has 0 saturated heterocycles. The zero-order chi connectivity index (χ0) is 29.4. The summed E-state index contributed by atoms with van der Waals surface area (Å²) in [6.45, 7) is 10.4. The number of carbonyl (C=O) groups is 3. The minimum absolute atomic E-state index is 0.0899. The van der Waals surface area contributed by atoms with Crippen LogP contribution in [0.3, 0.4) is 0 Å². The summed E-state index contributed by atoms with van der Waals surface area (Å²) < 4.78 is 11.9. The SMILES string of the molecule is CC(C)(C)OC(=O)N(C(=O)OC(C)(C)C)[C@H]1CC[C@H](N(C(=O)O)c2ncc3cc(Br)c4ccccc4c3n2)CC1. The highest BCUT2D eigenvalue weighted by Gasteiger charge is 2.40. The zero-order valence-corrected chi connectivity index (χ0v) is 25.2. The van der Waals surface area contributed by atoms with Crippen molar-refractivity contribution in [2.24, 2.45) is 0 Å². The van der Waals surface area contributed by atoms with Crippen LogP contribution in [0, 0.1) is 0 Å². The van der Waals surface area contributed by atoms with Gasteiger partial charge in [-0.3, -0.25) is 0 Å². The predicted octanol–water partition coefficient (Wildman–Crippen LogP) is 7.51. The molecule has 3 aromatic rings. The molecule has 1 aromatic heterocycles. The molecule has 0 radical (unpaired) electrons. The van der Waals surface area contributed by atoms with E-state index >= 15 is 0 Å². The Labute approximate surface area is 241 Å². The molecule has 10 nitrogen and oxygen atoms in total. The first-order valence-electron chi connectivity index (χ1n) is 13.3. The summed E-state index contributed by atoms with van der Waals surface area (Å²) >= 11 is 3.59. The maximum Gasteiger partial charge on any atom is 0.420 e. The van der Waals surface area contributed by atoms with Crippen molar-refractivity contribution in [1.82, 2.24) is 14.9 Å². The highest BCUT2D eigenvalue weighted by Crippen LogP contribution is 2.34. The highest BCUT2D eigenvalue weighted by molar-refractivity contribution is 9.10. The second kappa shape index (κ2) is 11.2. The van der Waals surface area contributed by atoms with Crippen LogP contribution in [0.4, 0.5) is 20.3 Å². The van der Waals surface area contributed by atoms with Gasteiger partial charge in [0.25, 0.3) is 0 Å². The molecule has 11 heteroatoms. The van der Waals surface area contributed by atoms with Crippen molar-refractivity contribution >= 4 is 61.8 Å². The van der Waals surface area contributed by atoms with E-state index in [4.69, 9.17) is 9.47 Å². The quantitative estimate of drug-likeness (QED) is 0.301. The van der Waals surface area contributed by atoms with Gasteiger partial charge in [-0.1, -0.05) is 40.2 Å². The summed E-state index contributed by atoms with van der Waals surface area (Å²) in [5.74, 6) is 0.0899. The Morgan fingerprint density at radius 2 is 1.43 bits per heavy atom. The van der Waals surface area contributed by atoms with Gasteiger partial charge in [-0.05, 0) is 78.7 Å². The number of carboxylic acid groups (broad SMARTS) is 1. The molecule has 0 aliphatic heterocycles. The summed E-state index contributed by atoms with van der Waals surface area (Å²) in [5.41, 5.74) is -0.950. The summed E-state index contributed by atoms with van der Waals surface area (Å²) in [6, 6.07) is 8.73.